The zero-order chi connectivity index (χ0) is 31.9. The van der Waals surface area contributed by atoms with Crippen molar-refractivity contribution in [3.05, 3.63) is 71.8 Å². The summed E-state index contributed by atoms with van der Waals surface area (Å²) in [6.07, 6.45) is 18.6. The second-order valence-electron chi connectivity index (χ2n) is 13.8. The zero-order valence-corrected chi connectivity index (χ0v) is 30.1. The molecule has 2 rings (SSSR count). The number of nitrogens with zero attached hydrogens (tertiary/aromatic N) is 2. The molecule has 0 fully saturated rings. The molecule has 0 radical (unpaired) electrons. The van der Waals surface area contributed by atoms with Gasteiger partial charge < -0.3 is 13.7 Å². The van der Waals surface area contributed by atoms with Crippen molar-refractivity contribution in [2.75, 3.05) is 39.3 Å². The second kappa shape index (κ2) is 22.8. The second-order valence-corrected chi connectivity index (χ2v) is 13.8. The molecule has 250 valence electrons. The molecule has 0 heterocycles. The highest BCUT2D eigenvalue weighted by atomic mass is 16.5. The first-order chi connectivity index (χ1) is 21.4. The molecule has 0 amide bonds. The Hall–Kier alpha value is -1.68. The highest BCUT2D eigenvalue weighted by Gasteiger charge is 2.36. The maximum Gasteiger partial charge on any atom is 0.155 e. The summed E-state index contributed by atoms with van der Waals surface area (Å²) in [5.41, 5.74) is 2.88. The fourth-order valence-corrected chi connectivity index (χ4v) is 7.16. The Bertz CT molecular complexity index is 863. The molecular formula is C41H72N2O+2. The predicted octanol–water partition coefficient (Wildman–Crippen LogP) is 11.0. The number of hydrogen-bond acceptors (Lipinski definition) is 1. The predicted molar refractivity (Wildman–Crippen MR) is 193 cm³/mol. The van der Waals surface area contributed by atoms with E-state index in [1.807, 2.05) is 0 Å². The van der Waals surface area contributed by atoms with Crippen LogP contribution in [0.4, 0.5) is 0 Å². The van der Waals surface area contributed by atoms with E-state index in [9.17, 15) is 0 Å². The summed E-state index contributed by atoms with van der Waals surface area (Å²) < 4.78 is 9.28. The molecule has 2 aromatic carbocycles. The van der Waals surface area contributed by atoms with Gasteiger partial charge in [0, 0.05) is 11.1 Å². The normalized spacial score (nSPS) is 13.1. The standard InChI is InChI=1S/C41H72N2O/c1-7-12-13-14-15-16-17-18-19-20-21-24-29-38(6)44-41(36-42(8-2,9-3)34-39-30-25-22-26-31-39)37-43(10-4,11-5)35-40-32-27-23-28-33-40/h22-23,25-28,30-33,38,41H,7-21,24,29,34-37H2,1-6H3/q+2. The highest BCUT2D eigenvalue weighted by molar-refractivity contribution is 5.14. The van der Waals surface area contributed by atoms with Gasteiger partial charge in [-0.3, -0.25) is 0 Å². The lowest BCUT2D eigenvalue weighted by Crippen LogP contribution is -2.58. The van der Waals surface area contributed by atoms with Gasteiger partial charge in [-0.2, -0.15) is 0 Å². The Kier molecular flexibility index (Phi) is 19.9. The summed E-state index contributed by atoms with van der Waals surface area (Å²) in [4.78, 5) is 0. The molecule has 0 saturated heterocycles. The number of unbranched alkanes of at least 4 members (excludes halogenated alkanes) is 11. The van der Waals surface area contributed by atoms with Crippen LogP contribution in [0.1, 0.15) is 136 Å². The van der Waals surface area contributed by atoms with Gasteiger partial charge in [0.2, 0.25) is 0 Å². The van der Waals surface area contributed by atoms with E-state index in [0.717, 1.165) is 61.3 Å². The van der Waals surface area contributed by atoms with E-state index in [0.29, 0.717) is 6.10 Å². The number of quaternary nitrogens is 2. The van der Waals surface area contributed by atoms with Gasteiger partial charge in [-0.05, 0) is 41.0 Å². The average molecular weight is 609 g/mol. The van der Waals surface area contributed by atoms with Crippen LogP contribution >= 0.6 is 0 Å². The van der Waals surface area contributed by atoms with Crippen molar-refractivity contribution in [2.45, 2.75) is 150 Å². The van der Waals surface area contributed by atoms with Crippen LogP contribution in [0, 0.1) is 0 Å². The molecule has 2 aromatic rings. The van der Waals surface area contributed by atoms with E-state index >= 15 is 0 Å². The van der Waals surface area contributed by atoms with Gasteiger partial charge in [0.25, 0.3) is 0 Å². The molecule has 0 aliphatic heterocycles. The van der Waals surface area contributed by atoms with E-state index in [4.69, 9.17) is 4.74 Å². The minimum absolute atomic E-state index is 0.245. The third-order valence-electron chi connectivity index (χ3n) is 10.5. The molecule has 0 aromatic heterocycles. The molecule has 0 N–H and O–H groups in total. The van der Waals surface area contributed by atoms with Crippen molar-refractivity contribution in [3.63, 3.8) is 0 Å². The molecule has 3 heteroatoms. The molecule has 1 atom stereocenters. The molecule has 0 saturated carbocycles. The van der Waals surface area contributed by atoms with E-state index in [2.05, 4.69) is 102 Å². The Morgan fingerprint density at radius 1 is 0.500 bits per heavy atom. The third kappa shape index (κ3) is 15.1. The van der Waals surface area contributed by atoms with Crippen molar-refractivity contribution in [3.8, 4) is 0 Å². The fraction of sp³-hybridized carbons (Fsp3) is 0.707. The summed E-state index contributed by atoms with van der Waals surface area (Å²) >= 11 is 0. The van der Waals surface area contributed by atoms with Crippen LogP contribution in [0.2, 0.25) is 0 Å². The number of benzene rings is 2. The summed E-state index contributed by atoms with van der Waals surface area (Å²) in [6, 6.07) is 22.2. The Morgan fingerprint density at radius 3 is 1.23 bits per heavy atom. The van der Waals surface area contributed by atoms with Crippen LogP contribution in [0.25, 0.3) is 0 Å². The van der Waals surface area contributed by atoms with Crippen molar-refractivity contribution in [1.29, 1.82) is 0 Å². The molecule has 0 aliphatic carbocycles. The van der Waals surface area contributed by atoms with Crippen LogP contribution in [0.3, 0.4) is 0 Å². The molecule has 0 bridgehead atoms. The Balaban J connectivity index is 1.99. The van der Waals surface area contributed by atoms with E-state index < -0.39 is 0 Å². The smallest absolute Gasteiger partial charge is 0.155 e. The van der Waals surface area contributed by atoms with Gasteiger partial charge in [-0.1, -0.05) is 145 Å². The van der Waals surface area contributed by atoms with Gasteiger partial charge in [0.1, 0.15) is 26.2 Å². The minimum Gasteiger partial charge on any atom is -0.363 e. The Morgan fingerprint density at radius 2 is 0.864 bits per heavy atom. The highest BCUT2D eigenvalue weighted by Crippen LogP contribution is 2.23. The monoisotopic (exact) mass is 609 g/mol. The van der Waals surface area contributed by atoms with Crippen LogP contribution in [0.5, 0.6) is 0 Å². The minimum atomic E-state index is 0.245. The van der Waals surface area contributed by atoms with Crippen molar-refractivity contribution in [2.24, 2.45) is 0 Å². The molecule has 3 nitrogen and oxygen atoms in total. The first kappa shape index (κ1) is 38.5. The molecule has 0 aliphatic rings. The van der Waals surface area contributed by atoms with Crippen LogP contribution in [-0.2, 0) is 17.8 Å². The molecule has 44 heavy (non-hydrogen) atoms. The van der Waals surface area contributed by atoms with Gasteiger partial charge in [-0.15, -0.1) is 0 Å². The summed E-state index contributed by atoms with van der Waals surface area (Å²) in [5.74, 6) is 0. The zero-order valence-electron chi connectivity index (χ0n) is 30.1. The van der Waals surface area contributed by atoms with E-state index in [1.54, 1.807) is 0 Å². The van der Waals surface area contributed by atoms with E-state index in [1.165, 1.54) is 94.6 Å². The van der Waals surface area contributed by atoms with Crippen molar-refractivity contribution < 1.29 is 13.7 Å². The number of likely N-dealkylation sites (N-methyl/N-ethyl adjacent to an activating group) is 2. The number of ether oxygens (including phenoxy) is 1. The lowest BCUT2D eigenvalue weighted by atomic mass is 10.0. The Labute approximate surface area is 274 Å². The van der Waals surface area contributed by atoms with E-state index in [-0.39, 0.29) is 6.10 Å². The SMILES string of the molecule is CCCCCCCCCCCCCCC(C)OC(C[N+](CC)(CC)Cc1ccccc1)C[N+](CC)(CC)Cc1ccccc1. The van der Waals surface area contributed by atoms with Crippen LogP contribution < -0.4 is 0 Å². The summed E-state index contributed by atoms with van der Waals surface area (Å²) in [6.45, 7) is 23.0. The van der Waals surface area contributed by atoms with Gasteiger partial charge in [0.05, 0.1) is 32.3 Å². The topological polar surface area (TPSA) is 9.23 Å². The third-order valence-corrected chi connectivity index (χ3v) is 10.5. The quantitative estimate of drug-likeness (QED) is 0.0724. The van der Waals surface area contributed by atoms with Crippen molar-refractivity contribution in [1.82, 2.24) is 0 Å². The average Bonchev–Trinajstić information content (AvgIpc) is 3.05. The van der Waals surface area contributed by atoms with Gasteiger partial charge in [-0.25, -0.2) is 0 Å². The van der Waals surface area contributed by atoms with Crippen LogP contribution in [0.15, 0.2) is 60.7 Å². The first-order valence-electron chi connectivity index (χ1n) is 18.9. The van der Waals surface area contributed by atoms with Gasteiger partial charge in [0.15, 0.2) is 6.10 Å². The molecule has 0 spiro atoms. The van der Waals surface area contributed by atoms with Crippen molar-refractivity contribution >= 4 is 0 Å². The number of rotatable bonds is 27. The molecule has 1 unspecified atom stereocenters. The molecular weight excluding hydrogens is 536 g/mol. The lowest BCUT2D eigenvalue weighted by Gasteiger charge is -2.44. The fourth-order valence-electron chi connectivity index (χ4n) is 7.16. The first-order valence-corrected chi connectivity index (χ1v) is 18.9. The van der Waals surface area contributed by atoms with Crippen LogP contribution in [-0.4, -0.2) is 60.4 Å². The lowest BCUT2D eigenvalue weighted by molar-refractivity contribution is -0.960. The number of hydrogen-bond donors (Lipinski definition) is 0. The van der Waals surface area contributed by atoms with Gasteiger partial charge >= 0.3 is 0 Å². The maximum absolute atomic E-state index is 7.11. The largest absolute Gasteiger partial charge is 0.363 e. The maximum atomic E-state index is 7.11. The summed E-state index contributed by atoms with van der Waals surface area (Å²) in [5, 5.41) is 0. The summed E-state index contributed by atoms with van der Waals surface area (Å²) in [7, 11) is 0.